The van der Waals surface area contributed by atoms with Crippen molar-refractivity contribution < 1.29 is 9.66 Å². The van der Waals surface area contributed by atoms with Crippen molar-refractivity contribution in [3.63, 3.8) is 0 Å². The molecule has 2 aromatic carbocycles. The summed E-state index contributed by atoms with van der Waals surface area (Å²) >= 11 is 0. The number of hydrogen-bond acceptors (Lipinski definition) is 4. The van der Waals surface area contributed by atoms with Gasteiger partial charge in [0, 0.05) is 30.9 Å². The minimum Gasteiger partial charge on any atom is -0.457 e. The largest absolute Gasteiger partial charge is 0.457 e. The molecule has 1 heterocycles. The van der Waals surface area contributed by atoms with Crippen LogP contribution in [0.5, 0.6) is 11.5 Å². The molecule has 1 aliphatic heterocycles. The number of nitrogens with zero attached hydrogens (tertiary/aromatic N) is 2. The fraction of sp³-hybridized carbons (Fsp3) is 0.368. The van der Waals surface area contributed by atoms with Crippen LogP contribution >= 0.6 is 0 Å². The van der Waals surface area contributed by atoms with Crippen LogP contribution < -0.4 is 9.64 Å². The van der Waals surface area contributed by atoms with Crippen molar-refractivity contribution in [2.75, 3.05) is 18.0 Å². The van der Waals surface area contributed by atoms with Crippen molar-refractivity contribution in [1.82, 2.24) is 0 Å². The number of rotatable bonds is 4. The van der Waals surface area contributed by atoms with E-state index in [4.69, 9.17) is 4.74 Å². The first-order valence-electron chi connectivity index (χ1n) is 8.24. The second kappa shape index (κ2) is 6.51. The van der Waals surface area contributed by atoms with Gasteiger partial charge in [0.2, 0.25) is 0 Å². The summed E-state index contributed by atoms with van der Waals surface area (Å²) in [5.41, 5.74) is 4.23. The summed E-state index contributed by atoms with van der Waals surface area (Å²) in [7, 11) is 0. The SMILES string of the molecule is Cc1cc(C)c(C)c(Oc2cc(N3CCCC3)cc([N+](=O)[O-])c2)c1. The van der Waals surface area contributed by atoms with Gasteiger partial charge in [-0.15, -0.1) is 0 Å². The Morgan fingerprint density at radius 1 is 1.04 bits per heavy atom. The van der Waals surface area contributed by atoms with Crippen LogP contribution in [0.1, 0.15) is 29.5 Å². The molecule has 0 amide bonds. The second-order valence-electron chi connectivity index (χ2n) is 6.44. The molecule has 5 heteroatoms. The number of aryl methyl sites for hydroxylation is 2. The second-order valence-corrected chi connectivity index (χ2v) is 6.44. The topological polar surface area (TPSA) is 55.6 Å². The minimum absolute atomic E-state index is 0.0661. The minimum atomic E-state index is -0.360. The highest BCUT2D eigenvalue weighted by Gasteiger charge is 2.18. The summed E-state index contributed by atoms with van der Waals surface area (Å²) < 4.78 is 6.03. The highest BCUT2D eigenvalue weighted by atomic mass is 16.6. The van der Waals surface area contributed by atoms with Crippen LogP contribution in [0.2, 0.25) is 0 Å². The predicted molar refractivity (Wildman–Crippen MR) is 95.3 cm³/mol. The van der Waals surface area contributed by atoms with Gasteiger partial charge in [0.1, 0.15) is 11.5 Å². The molecule has 1 saturated heterocycles. The molecule has 0 aliphatic carbocycles. The molecule has 0 saturated carbocycles. The maximum atomic E-state index is 11.3. The van der Waals surface area contributed by atoms with E-state index in [0.717, 1.165) is 54.1 Å². The number of benzene rings is 2. The molecule has 3 rings (SSSR count). The Hall–Kier alpha value is -2.56. The molecule has 1 aliphatic rings. The highest BCUT2D eigenvalue weighted by Crippen LogP contribution is 2.34. The first-order valence-corrected chi connectivity index (χ1v) is 8.24. The first-order chi connectivity index (χ1) is 11.4. The van der Waals surface area contributed by atoms with E-state index in [9.17, 15) is 10.1 Å². The van der Waals surface area contributed by atoms with Gasteiger partial charge in [0.05, 0.1) is 11.0 Å². The van der Waals surface area contributed by atoms with Gasteiger partial charge in [-0.2, -0.15) is 0 Å². The van der Waals surface area contributed by atoms with Gasteiger partial charge in [-0.1, -0.05) is 6.07 Å². The van der Waals surface area contributed by atoms with Crippen LogP contribution in [0.15, 0.2) is 30.3 Å². The van der Waals surface area contributed by atoms with Crippen LogP contribution in [-0.4, -0.2) is 18.0 Å². The van der Waals surface area contributed by atoms with Crippen LogP contribution in [0.3, 0.4) is 0 Å². The van der Waals surface area contributed by atoms with Crippen LogP contribution in [0.4, 0.5) is 11.4 Å². The standard InChI is InChI=1S/C19H22N2O3/c1-13-8-14(2)15(3)19(9-13)24-18-11-16(20-6-4-5-7-20)10-17(12-18)21(22)23/h8-12H,4-7H2,1-3H3. The lowest BCUT2D eigenvalue weighted by molar-refractivity contribution is -0.384. The molecule has 0 bridgehead atoms. The number of nitro benzene ring substituents is 1. The Morgan fingerprint density at radius 3 is 2.42 bits per heavy atom. The molecular weight excluding hydrogens is 304 g/mol. The molecule has 126 valence electrons. The molecule has 0 atom stereocenters. The van der Waals surface area contributed by atoms with Crippen molar-refractivity contribution in [3.05, 3.63) is 57.1 Å². The van der Waals surface area contributed by atoms with E-state index in [0.29, 0.717) is 5.75 Å². The number of anilines is 1. The average molecular weight is 326 g/mol. The summed E-state index contributed by atoms with van der Waals surface area (Å²) in [6.07, 6.45) is 2.24. The fourth-order valence-corrected chi connectivity index (χ4v) is 3.12. The molecular formula is C19H22N2O3. The summed E-state index contributed by atoms with van der Waals surface area (Å²) in [5.74, 6) is 1.26. The van der Waals surface area contributed by atoms with Crippen molar-refractivity contribution >= 4 is 11.4 Å². The Balaban J connectivity index is 1.99. The number of non-ortho nitro benzene ring substituents is 1. The monoisotopic (exact) mass is 326 g/mol. The lowest BCUT2D eigenvalue weighted by Crippen LogP contribution is -2.17. The third kappa shape index (κ3) is 3.35. The van der Waals surface area contributed by atoms with Crippen molar-refractivity contribution in [2.45, 2.75) is 33.6 Å². The van der Waals surface area contributed by atoms with Gasteiger partial charge in [0.25, 0.3) is 5.69 Å². The van der Waals surface area contributed by atoms with Crippen LogP contribution in [0, 0.1) is 30.9 Å². The first kappa shape index (κ1) is 16.3. The smallest absolute Gasteiger partial charge is 0.275 e. The van der Waals surface area contributed by atoms with Crippen LogP contribution in [-0.2, 0) is 0 Å². The highest BCUT2D eigenvalue weighted by molar-refractivity contribution is 5.59. The maximum Gasteiger partial charge on any atom is 0.275 e. The zero-order valence-electron chi connectivity index (χ0n) is 14.3. The molecule has 0 spiro atoms. The van der Waals surface area contributed by atoms with Gasteiger partial charge >= 0.3 is 0 Å². The van der Waals surface area contributed by atoms with E-state index >= 15 is 0 Å². The van der Waals surface area contributed by atoms with E-state index in [1.807, 2.05) is 32.9 Å². The molecule has 0 N–H and O–H groups in total. The predicted octanol–water partition coefficient (Wildman–Crippen LogP) is 4.91. The lowest BCUT2D eigenvalue weighted by atomic mass is 10.1. The average Bonchev–Trinajstić information content (AvgIpc) is 3.06. The number of nitro groups is 1. The van der Waals surface area contributed by atoms with Gasteiger partial charge in [-0.05, 0) is 56.4 Å². The molecule has 1 fully saturated rings. The Bertz CT molecular complexity index is 780. The van der Waals surface area contributed by atoms with E-state index < -0.39 is 0 Å². The summed E-state index contributed by atoms with van der Waals surface area (Å²) in [6, 6.07) is 9.10. The van der Waals surface area contributed by atoms with Crippen molar-refractivity contribution in [1.29, 1.82) is 0 Å². The van der Waals surface area contributed by atoms with Gasteiger partial charge in [-0.3, -0.25) is 10.1 Å². The Kier molecular flexibility index (Phi) is 4.42. The third-order valence-corrected chi connectivity index (χ3v) is 4.55. The zero-order chi connectivity index (χ0) is 17.3. The zero-order valence-corrected chi connectivity index (χ0v) is 14.3. The van der Waals surface area contributed by atoms with Gasteiger partial charge < -0.3 is 9.64 Å². The third-order valence-electron chi connectivity index (χ3n) is 4.55. The lowest BCUT2D eigenvalue weighted by Gasteiger charge is -2.19. The number of hydrogen-bond donors (Lipinski definition) is 0. The molecule has 2 aromatic rings. The van der Waals surface area contributed by atoms with Crippen LogP contribution in [0.25, 0.3) is 0 Å². The van der Waals surface area contributed by atoms with E-state index in [1.54, 1.807) is 6.07 Å². The fourth-order valence-electron chi connectivity index (χ4n) is 3.12. The van der Waals surface area contributed by atoms with Gasteiger partial charge in [0.15, 0.2) is 0 Å². The summed E-state index contributed by atoms with van der Waals surface area (Å²) in [4.78, 5) is 13.1. The van der Waals surface area contributed by atoms with Crippen molar-refractivity contribution in [2.24, 2.45) is 0 Å². The summed E-state index contributed by atoms with van der Waals surface area (Å²) in [5, 5.41) is 11.3. The Morgan fingerprint density at radius 2 is 1.75 bits per heavy atom. The normalized spacial score (nSPS) is 14.0. The Labute approximate surface area is 142 Å². The molecule has 24 heavy (non-hydrogen) atoms. The molecule has 0 unspecified atom stereocenters. The molecule has 0 aromatic heterocycles. The molecule has 5 nitrogen and oxygen atoms in total. The van der Waals surface area contributed by atoms with E-state index in [-0.39, 0.29) is 10.6 Å². The van der Waals surface area contributed by atoms with E-state index in [2.05, 4.69) is 11.0 Å². The maximum absolute atomic E-state index is 11.3. The summed E-state index contributed by atoms with van der Waals surface area (Å²) in [6.45, 7) is 7.93. The van der Waals surface area contributed by atoms with Crippen molar-refractivity contribution in [3.8, 4) is 11.5 Å². The van der Waals surface area contributed by atoms with Gasteiger partial charge in [-0.25, -0.2) is 0 Å². The van der Waals surface area contributed by atoms with E-state index in [1.165, 1.54) is 6.07 Å². The quantitative estimate of drug-likeness (QED) is 0.591. The molecule has 0 radical (unpaired) electrons. The number of ether oxygens (including phenoxy) is 1.